The number of carbonyl (C=O) groups excluding carboxylic acids is 1. The first-order valence-corrected chi connectivity index (χ1v) is 7.25. The summed E-state index contributed by atoms with van der Waals surface area (Å²) >= 11 is 1.66. The molecule has 2 rings (SSSR count). The van der Waals surface area contributed by atoms with Gasteiger partial charge in [-0.2, -0.15) is 0 Å². The van der Waals surface area contributed by atoms with E-state index in [9.17, 15) is 4.79 Å². The Morgan fingerprint density at radius 3 is 2.72 bits per heavy atom. The molecular formula is C15H20O2S. The summed E-state index contributed by atoms with van der Waals surface area (Å²) in [6.45, 7) is 8.16. The third kappa shape index (κ3) is 2.72. The van der Waals surface area contributed by atoms with E-state index in [0.717, 1.165) is 6.42 Å². The van der Waals surface area contributed by atoms with Crippen LogP contribution in [0.5, 0.6) is 0 Å². The lowest BCUT2D eigenvalue weighted by Crippen LogP contribution is -2.31. The first-order valence-electron chi connectivity index (χ1n) is 6.37. The molecule has 0 amide bonds. The topological polar surface area (TPSA) is 26.3 Å². The summed E-state index contributed by atoms with van der Waals surface area (Å²) < 4.78 is 5.57. The number of benzene rings is 1. The van der Waals surface area contributed by atoms with E-state index in [0.29, 0.717) is 0 Å². The van der Waals surface area contributed by atoms with Crippen molar-refractivity contribution in [2.45, 2.75) is 49.9 Å². The molecule has 1 aliphatic heterocycles. The van der Waals surface area contributed by atoms with Crippen LogP contribution in [-0.4, -0.2) is 11.4 Å². The standard InChI is InChI=1S/C15H20O2S/c1-10(2)14(16)17-13-9-15(3,4)11-7-5-6-8-12(11)18-13/h5-8,10,13H,9H2,1-4H3. The molecule has 1 heterocycles. The first kappa shape index (κ1) is 13.5. The van der Waals surface area contributed by atoms with Gasteiger partial charge in [0.15, 0.2) is 5.44 Å². The van der Waals surface area contributed by atoms with Gasteiger partial charge in [-0.15, -0.1) is 0 Å². The Bertz CT molecular complexity index is 452. The molecule has 0 N–H and O–H groups in total. The molecular weight excluding hydrogens is 244 g/mol. The van der Waals surface area contributed by atoms with Gasteiger partial charge in [0.25, 0.3) is 0 Å². The molecule has 2 nitrogen and oxygen atoms in total. The zero-order valence-corrected chi connectivity index (χ0v) is 12.2. The molecule has 3 heteroatoms. The van der Waals surface area contributed by atoms with Gasteiger partial charge in [-0.3, -0.25) is 4.79 Å². The van der Waals surface area contributed by atoms with Crippen LogP contribution >= 0.6 is 11.8 Å². The minimum atomic E-state index is -0.109. The van der Waals surface area contributed by atoms with Crippen LogP contribution in [0.3, 0.4) is 0 Å². The van der Waals surface area contributed by atoms with Crippen LogP contribution < -0.4 is 0 Å². The van der Waals surface area contributed by atoms with Crippen LogP contribution in [0.25, 0.3) is 0 Å². The molecule has 0 bridgehead atoms. The van der Waals surface area contributed by atoms with Crippen molar-refractivity contribution in [1.29, 1.82) is 0 Å². The molecule has 0 saturated carbocycles. The predicted octanol–water partition coefficient (Wildman–Crippen LogP) is 3.99. The van der Waals surface area contributed by atoms with E-state index in [1.54, 1.807) is 11.8 Å². The Labute approximate surface area is 113 Å². The second-order valence-corrected chi connectivity index (χ2v) is 6.92. The van der Waals surface area contributed by atoms with Crippen LogP contribution in [0, 0.1) is 5.92 Å². The average molecular weight is 264 g/mol. The fourth-order valence-electron chi connectivity index (χ4n) is 2.17. The minimum Gasteiger partial charge on any atom is -0.451 e. The van der Waals surface area contributed by atoms with E-state index in [1.807, 2.05) is 19.9 Å². The van der Waals surface area contributed by atoms with Gasteiger partial charge in [0.1, 0.15) is 0 Å². The van der Waals surface area contributed by atoms with Crippen molar-refractivity contribution in [3.8, 4) is 0 Å². The Morgan fingerprint density at radius 1 is 1.39 bits per heavy atom. The quantitative estimate of drug-likeness (QED) is 0.756. The van der Waals surface area contributed by atoms with Gasteiger partial charge in [-0.05, 0) is 17.0 Å². The lowest BCUT2D eigenvalue weighted by atomic mass is 9.81. The fourth-order valence-corrected chi connectivity index (χ4v) is 3.72. The van der Waals surface area contributed by atoms with Gasteiger partial charge in [-0.25, -0.2) is 0 Å². The number of esters is 1. The van der Waals surface area contributed by atoms with Gasteiger partial charge < -0.3 is 4.74 Å². The largest absolute Gasteiger partial charge is 0.451 e. The lowest BCUT2D eigenvalue weighted by Gasteiger charge is -2.36. The molecule has 1 aliphatic rings. The van der Waals surface area contributed by atoms with Crippen LogP contribution in [-0.2, 0) is 14.9 Å². The summed E-state index contributed by atoms with van der Waals surface area (Å²) in [6.07, 6.45) is 0.868. The van der Waals surface area contributed by atoms with Crippen molar-refractivity contribution >= 4 is 17.7 Å². The van der Waals surface area contributed by atoms with E-state index in [-0.39, 0.29) is 22.7 Å². The number of thioether (sulfide) groups is 1. The SMILES string of the molecule is CC(C)C(=O)OC1CC(C)(C)c2ccccc2S1. The smallest absolute Gasteiger partial charge is 0.309 e. The lowest BCUT2D eigenvalue weighted by molar-refractivity contribution is -0.149. The van der Waals surface area contributed by atoms with E-state index in [1.165, 1.54) is 10.5 Å². The molecule has 1 aromatic carbocycles. The van der Waals surface area contributed by atoms with Crippen molar-refractivity contribution in [3.63, 3.8) is 0 Å². The van der Waals surface area contributed by atoms with E-state index < -0.39 is 0 Å². The zero-order valence-electron chi connectivity index (χ0n) is 11.4. The molecule has 1 unspecified atom stereocenters. The van der Waals surface area contributed by atoms with Crippen molar-refractivity contribution < 1.29 is 9.53 Å². The van der Waals surface area contributed by atoms with Gasteiger partial charge in [0.2, 0.25) is 0 Å². The van der Waals surface area contributed by atoms with E-state index in [4.69, 9.17) is 4.74 Å². The molecule has 1 atom stereocenters. The second kappa shape index (κ2) is 4.96. The Morgan fingerprint density at radius 2 is 2.06 bits per heavy atom. The molecule has 1 aromatic rings. The summed E-state index contributed by atoms with van der Waals surface area (Å²) in [7, 11) is 0. The maximum atomic E-state index is 11.7. The van der Waals surface area contributed by atoms with Crippen LogP contribution in [0.4, 0.5) is 0 Å². The highest BCUT2D eigenvalue weighted by Gasteiger charge is 2.35. The Balaban J connectivity index is 2.19. The second-order valence-electron chi connectivity index (χ2n) is 5.72. The van der Waals surface area contributed by atoms with E-state index >= 15 is 0 Å². The maximum Gasteiger partial charge on any atom is 0.309 e. The zero-order chi connectivity index (χ0) is 13.3. The third-order valence-electron chi connectivity index (χ3n) is 3.27. The number of hydrogen-bond acceptors (Lipinski definition) is 3. The Kier molecular flexibility index (Phi) is 3.71. The van der Waals surface area contributed by atoms with Crippen LogP contribution in [0.2, 0.25) is 0 Å². The van der Waals surface area contributed by atoms with Crippen molar-refractivity contribution in [3.05, 3.63) is 29.8 Å². The maximum absolute atomic E-state index is 11.7. The van der Waals surface area contributed by atoms with Gasteiger partial charge in [0.05, 0.1) is 5.92 Å². The third-order valence-corrected chi connectivity index (χ3v) is 4.41. The van der Waals surface area contributed by atoms with E-state index in [2.05, 4.69) is 32.0 Å². The van der Waals surface area contributed by atoms with Crippen LogP contribution in [0.1, 0.15) is 39.7 Å². The first-order chi connectivity index (χ1) is 8.40. The number of hydrogen-bond donors (Lipinski definition) is 0. The molecule has 98 valence electrons. The van der Waals surface area contributed by atoms with Gasteiger partial charge in [0, 0.05) is 11.3 Å². The Hall–Kier alpha value is -0.960. The van der Waals surface area contributed by atoms with Crippen molar-refractivity contribution in [2.75, 3.05) is 0 Å². The molecule has 0 fully saturated rings. The summed E-state index contributed by atoms with van der Waals surface area (Å²) in [6, 6.07) is 8.39. The summed E-state index contributed by atoms with van der Waals surface area (Å²) in [5.41, 5.74) is 1.35. The summed E-state index contributed by atoms with van der Waals surface area (Å²) in [5.74, 6) is -0.173. The van der Waals surface area contributed by atoms with Crippen molar-refractivity contribution in [2.24, 2.45) is 5.92 Å². The fraction of sp³-hybridized carbons (Fsp3) is 0.533. The molecule has 0 spiro atoms. The average Bonchev–Trinajstić information content (AvgIpc) is 2.28. The summed E-state index contributed by atoms with van der Waals surface area (Å²) in [5, 5.41) is 0. The highest BCUT2D eigenvalue weighted by Crippen LogP contribution is 2.45. The highest BCUT2D eigenvalue weighted by atomic mass is 32.2. The predicted molar refractivity (Wildman–Crippen MR) is 74.7 cm³/mol. The molecule has 0 aromatic heterocycles. The van der Waals surface area contributed by atoms with Crippen LogP contribution in [0.15, 0.2) is 29.2 Å². The number of carbonyl (C=O) groups is 1. The summed E-state index contributed by atoms with van der Waals surface area (Å²) in [4.78, 5) is 12.9. The molecule has 0 radical (unpaired) electrons. The number of ether oxygens (including phenoxy) is 1. The monoisotopic (exact) mass is 264 g/mol. The molecule has 0 saturated heterocycles. The minimum absolute atomic E-state index is 0.0593. The molecule has 18 heavy (non-hydrogen) atoms. The van der Waals surface area contributed by atoms with Gasteiger partial charge in [-0.1, -0.05) is 57.7 Å². The molecule has 0 aliphatic carbocycles. The van der Waals surface area contributed by atoms with Crippen molar-refractivity contribution in [1.82, 2.24) is 0 Å². The highest BCUT2D eigenvalue weighted by molar-refractivity contribution is 7.99. The normalized spacial score (nSPS) is 21.5. The van der Waals surface area contributed by atoms with Gasteiger partial charge >= 0.3 is 5.97 Å². The number of rotatable bonds is 2. The number of fused-ring (bicyclic) bond motifs is 1.